The molecule has 2 N–H and O–H groups in total. The van der Waals surface area contributed by atoms with E-state index in [1.54, 1.807) is 28.4 Å². The number of benzene rings is 1. The molecule has 7 nitrogen and oxygen atoms in total. The Morgan fingerprint density at radius 1 is 1.08 bits per heavy atom. The van der Waals surface area contributed by atoms with Crippen molar-refractivity contribution < 1.29 is 18.9 Å². The maximum Gasteiger partial charge on any atom is 0.203 e. The van der Waals surface area contributed by atoms with Crippen LogP contribution in [0.15, 0.2) is 17.1 Å². The van der Waals surface area contributed by atoms with Gasteiger partial charge in [0.2, 0.25) is 5.75 Å². The van der Waals surface area contributed by atoms with Crippen molar-refractivity contribution in [2.75, 3.05) is 41.6 Å². The molecule has 0 radical (unpaired) electrons. The van der Waals surface area contributed by atoms with Crippen molar-refractivity contribution in [2.24, 2.45) is 4.99 Å². The van der Waals surface area contributed by atoms with Crippen LogP contribution in [0.25, 0.3) is 0 Å². The van der Waals surface area contributed by atoms with Gasteiger partial charge in [-0.2, -0.15) is 0 Å². The van der Waals surface area contributed by atoms with Crippen LogP contribution in [0.2, 0.25) is 0 Å². The van der Waals surface area contributed by atoms with Gasteiger partial charge in [0, 0.05) is 19.7 Å². The molecule has 1 atom stereocenters. The summed E-state index contributed by atoms with van der Waals surface area (Å²) in [5.41, 5.74) is 0.959. The molecule has 7 heteroatoms. The molecule has 0 saturated carbocycles. The fraction of sp³-hybridized carbons (Fsp3) is 0.588. The van der Waals surface area contributed by atoms with Gasteiger partial charge in [0.25, 0.3) is 0 Å². The molecule has 0 saturated heterocycles. The largest absolute Gasteiger partial charge is 0.493 e. The molecule has 0 spiro atoms. The first kappa shape index (κ1) is 19.9. The van der Waals surface area contributed by atoms with Crippen LogP contribution < -0.4 is 24.8 Å². The highest BCUT2D eigenvalue weighted by molar-refractivity contribution is 5.80. The van der Waals surface area contributed by atoms with E-state index in [1.165, 1.54) is 0 Å². The summed E-state index contributed by atoms with van der Waals surface area (Å²) in [4.78, 5) is 4.60. The molecule has 0 heterocycles. The molecular formula is C17H29N3O4. The number of rotatable bonds is 9. The molecule has 1 rings (SSSR count). The zero-order chi connectivity index (χ0) is 17.9. The number of ether oxygens (including phenoxy) is 4. The van der Waals surface area contributed by atoms with Crippen LogP contribution in [0.1, 0.15) is 19.4 Å². The van der Waals surface area contributed by atoms with Gasteiger partial charge in [0.15, 0.2) is 17.5 Å². The zero-order valence-corrected chi connectivity index (χ0v) is 15.4. The Balaban J connectivity index is 2.95. The second kappa shape index (κ2) is 10.6. The van der Waals surface area contributed by atoms with Gasteiger partial charge in [0.05, 0.1) is 34.5 Å². The topological polar surface area (TPSA) is 73.3 Å². The maximum absolute atomic E-state index is 5.37. The van der Waals surface area contributed by atoms with E-state index < -0.39 is 0 Å². The van der Waals surface area contributed by atoms with Crippen molar-refractivity contribution in [3.8, 4) is 17.2 Å². The van der Waals surface area contributed by atoms with Gasteiger partial charge in [-0.3, -0.25) is 0 Å². The zero-order valence-electron chi connectivity index (χ0n) is 15.4. The molecule has 0 fully saturated rings. The summed E-state index contributed by atoms with van der Waals surface area (Å²) in [5.74, 6) is 2.54. The first-order chi connectivity index (χ1) is 11.6. The smallest absolute Gasteiger partial charge is 0.203 e. The summed E-state index contributed by atoms with van der Waals surface area (Å²) in [5, 5.41) is 6.51. The van der Waals surface area contributed by atoms with Crippen LogP contribution >= 0.6 is 0 Å². The van der Waals surface area contributed by atoms with Crippen molar-refractivity contribution in [3.05, 3.63) is 17.7 Å². The molecule has 1 aromatic rings. The highest BCUT2D eigenvalue weighted by Crippen LogP contribution is 2.38. The molecule has 0 aromatic heterocycles. The third-order valence-electron chi connectivity index (χ3n) is 3.29. The minimum Gasteiger partial charge on any atom is -0.493 e. The van der Waals surface area contributed by atoms with Gasteiger partial charge in [-0.05, 0) is 31.5 Å². The highest BCUT2D eigenvalue weighted by atomic mass is 16.5. The second-order valence-corrected chi connectivity index (χ2v) is 5.23. The van der Waals surface area contributed by atoms with E-state index in [2.05, 4.69) is 15.6 Å². The summed E-state index contributed by atoms with van der Waals surface area (Å²) < 4.78 is 21.2. The van der Waals surface area contributed by atoms with E-state index in [1.807, 2.05) is 26.0 Å². The predicted octanol–water partition coefficient (Wildman–Crippen LogP) is 1.80. The third kappa shape index (κ3) is 5.81. The van der Waals surface area contributed by atoms with Gasteiger partial charge >= 0.3 is 0 Å². The standard InChI is InChI=1S/C17H29N3O4/c1-7-18-17(20-12(2)11-21-3)19-10-13-8-14(22-4)16(24-6)15(9-13)23-5/h8-9,12H,7,10-11H2,1-6H3,(H2,18,19,20). The molecule has 1 unspecified atom stereocenters. The average Bonchev–Trinajstić information content (AvgIpc) is 2.58. The predicted molar refractivity (Wildman–Crippen MR) is 95.4 cm³/mol. The molecular weight excluding hydrogens is 310 g/mol. The lowest BCUT2D eigenvalue weighted by Gasteiger charge is -2.17. The molecule has 0 bridgehead atoms. The second-order valence-electron chi connectivity index (χ2n) is 5.23. The summed E-state index contributed by atoms with van der Waals surface area (Å²) in [6.07, 6.45) is 0. The molecule has 0 aliphatic rings. The molecule has 24 heavy (non-hydrogen) atoms. The Hall–Kier alpha value is -2.15. The van der Waals surface area contributed by atoms with Crippen LogP contribution in [0.4, 0.5) is 0 Å². The van der Waals surface area contributed by atoms with Gasteiger partial charge in [0.1, 0.15) is 0 Å². The average molecular weight is 339 g/mol. The summed E-state index contributed by atoms with van der Waals surface area (Å²) in [7, 11) is 6.46. The van der Waals surface area contributed by atoms with Crippen molar-refractivity contribution in [3.63, 3.8) is 0 Å². The minimum absolute atomic E-state index is 0.160. The molecule has 0 amide bonds. The monoisotopic (exact) mass is 339 g/mol. The van der Waals surface area contributed by atoms with Crippen LogP contribution in [0.3, 0.4) is 0 Å². The van der Waals surface area contributed by atoms with Gasteiger partial charge < -0.3 is 29.6 Å². The van der Waals surface area contributed by atoms with Gasteiger partial charge in [-0.15, -0.1) is 0 Å². The number of hydrogen-bond acceptors (Lipinski definition) is 5. The Kier molecular flexibility index (Phi) is 8.78. The Bertz CT molecular complexity index is 510. The van der Waals surface area contributed by atoms with Crippen molar-refractivity contribution in [1.29, 1.82) is 0 Å². The normalized spacial score (nSPS) is 12.5. The highest BCUT2D eigenvalue weighted by Gasteiger charge is 2.13. The number of guanidine groups is 1. The molecule has 1 aromatic carbocycles. The molecule has 0 aliphatic heterocycles. The SMILES string of the molecule is CCNC(=NCc1cc(OC)c(OC)c(OC)c1)NC(C)COC. The van der Waals surface area contributed by atoms with E-state index in [9.17, 15) is 0 Å². The van der Waals surface area contributed by atoms with Crippen LogP contribution in [0, 0.1) is 0 Å². The van der Waals surface area contributed by atoms with Crippen LogP contribution in [-0.2, 0) is 11.3 Å². The first-order valence-electron chi connectivity index (χ1n) is 7.92. The minimum atomic E-state index is 0.160. The van der Waals surface area contributed by atoms with Crippen LogP contribution in [0.5, 0.6) is 17.2 Å². The lowest BCUT2D eigenvalue weighted by Crippen LogP contribution is -2.43. The summed E-state index contributed by atoms with van der Waals surface area (Å²) >= 11 is 0. The molecule has 0 aliphatic carbocycles. The third-order valence-corrected chi connectivity index (χ3v) is 3.29. The quantitative estimate of drug-likeness (QED) is 0.528. The maximum atomic E-state index is 5.37. The van der Waals surface area contributed by atoms with Gasteiger partial charge in [-0.25, -0.2) is 4.99 Å². The van der Waals surface area contributed by atoms with Crippen molar-refractivity contribution in [1.82, 2.24) is 10.6 Å². The Morgan fingerprint density at radius 3 is 2.17 bits per heavy atom. The van der Waals surface area contributed by atoms with Crippen molar-refractivity contribution >= 4 is 5.96 Å². The molecule has 136 valence electrons. The number of nitrogens with zero attached hydrogens (tertiary/aromatic N) is 1. The Labute approximate surface area is 144 Å². The lowest BCUT2D eigenvalue weighted by atomic mass is 10.2. The van der Waals surface area contributed by atoms with E-state index in [4.69, 9.17) is 18.9 Å². The number of methoxy groups -OCH3 is 4. The van der Waals surface area contributed by atoms with E-state index in [-0.39, 0.29) is 6.04 Å². The van der Waals surface area contributed by atoms with E-state index >= 15 is 0 Å². The summed E-state index contributed by atoms with van der Waals surface area (Å²) in [6.45, 7) is 5.93. The Morgan fingerprint density at radius 2 is 1.71 bits per heavy atom. The fourth-order valence-electron chi connectivity index (χ4n) is 2.24. The summed E-state index contributed by atoms with van der Waals surface area (Å²) in [6, 6.07) is 3.95. The number of nitrogens with one attached hydrogen (secondary N) is 2. The lowest BCUT2D eigenvalue weighted by molar-refractivity contribution is 0.179. The van der Waals surface area contributed by atoms with Gasteiger partial charge in [-0.1, -0.05) is 0 Å². The van der Waals surface area contributed by atoms with E-state index in [0.29, 0.717) is 30.4 Å². The first-order valence-corrected chi connectivity index (χ1v) is 7.92. The van der Waals surface area contributed by atoms with Crippen LogP contribution in [-0.4, -0.2) is 53.6 Å². The fourth-order valence-corrected chi connectivity index (χ4v) is 2.24. The van der Waals surface area contributed by atoms with E-state index in [0.717, 1.165) is 18.1 Å². The number of hydrogen-bond donors (Lipinski definition) is 2. The van der Waals surface area contributed by atoms with Crippen molar-refractivity contribution in [2.45, 2.75) is 26.4 Å². The number of aliphatic imine (C=N–C) groups is 1.